The van der Waals surface area contributed by atoms with E-state index in [1.165, 1.54) is 22.3 Å². The smallest absolute Gasteiger partial charge is 0.0307 e. The Morgan fingerprint density at radius 1 is 1.06 bits per heavy atom. The van der Waals surface area contributed by atoms with Gasteiger partial charge in [0.25, 0.3) is 0 Å². The van der Waals surface area contributed by atoms with Crippen LogP contribution in [-0.4, -0.2) is 12.3 Å². The highest BCUT2D eigenvalue weighted by atomic mass is 32.4. The van der Waals surface area contributed by atoms with Crippen LogP contribution in [0.15, 0.2) is 12.1 Å². The first kappa shape index (κ1) is 14.5. The molecule has 17 heavy (non-hydrogen) atoms. The fraction of sp³-hybridized carbons (Fsp3) is 0.467. The zero-order chi connectivity index (χ0) is 13.1. The van der Waals surface area contributed by atoms with Gasteiger partial charge in [0.1, 0.15) is 0 Å². The molecular weight excluding hydrogens is 243 g/mol. The van der Waals surface area contributed by atoms with Crippen LogP contribution in [0, 0.1) is 32.4 Å². The van der Waals surface area contributed by atoms with Crippen molar-refractivity contribution >= 4 is 17.8 Å². The molecule has 0 fully saturated rings. The van der Waals surface area contributed by atoms with Crippen LogP contribution in [0.3, 0.4) is 0 Å². The molecule has 0 atom stereocenters. The predicted molar refractivity (Wildman–Crippen MR) is 82.9 cm³/mol. The number of rotatable bonds is 2. The Balaban J connectivity index is 3.21. The van der Waals surface area contributed by atoms with E-state index in [9.17, 15) is 0 Å². The maximum Gasteiger partial charge on any atom is 0.0307 e. The first-order valence-electron chi connectivity index (χ1n) is 6.11. The molecule has 0 aliphatic carbocycles. The topological polar surface area (TPSA) is 0 Å². The molecule has 0 spiro atoms. The van der Waals surface area contributed by atoms with Crippen LogP contribution in [0.25, 0.3) is 0 Å². The monoisotopic (exact) mass is 264 g/mol. The number of benzene rings is 1. The average Bonchev–Trinajstić information content (AvgIpc) is 2.27. The lowest BCUT2D eigenvalue weighted by Crippen LogP contribution is -1.90. The highest BCUT2D eigenvalue weighted by Crippen LogP contribution is 2.43. The third kappa shape index (κ3) is 3.70. The van der Waals surface area contributed by atoms with E-state index in [4.69, 9.17) is 11.8 Å². The van der Waals surface area contributed by atoms with Gasteiger partial charge < -0.3 is 0 Å². The second kappa shape index (κ2) is 5.85. The third-order valence-electron chi connectivity index (χ3n) is 3.08. The van der Waals surface area contributed by atoms with Crippen molar-refractivity contribution in [3.05, 3.63) is 34.4 Å². The third-order valence-corrected chi connectivity index (χ3v) is 7.47. The molecule has 92 valence electrons. The molecule has 1 aromatic rings. The number of hydrogen-bond acceptors (Lipinski definition) is 1. The van der Waals surface area contributed by atoms with Gasteiger partial charge in [-0.2, -0.15) is 0 Å². The minimum absolute atomic E-state index is 1.04. The van der Waals surface area contributed by atoms with Crippen molar-refractivity contribution in [1.29, 1.82) is 0 Å². The van der Waals surface area contributed by atoms with Crippen LogP contribution >= 0.6 is 6.04 Å². The Kier molecular flexibility index (Phi) is 4.99. The summed E-state index contributed by atoms with van der Waals surface area (Å²) in [6, 6.07) is 2.96. The van der Waals surface area contributed by atoms with Gasteiger partial charge >= 0.3 is 0 Å². The highest BCUT2D eigenvalue weighted by molar-refractivity contribution is 8.17. The molecule has 0 heterocycles. The Morgan fingerprint density at radius 2 is 1.53 bits per heavy atom. The molecule has 0 N–H and O–H groups in total. The first-order valence-corrected chi connectivity index (χ1v) is 9.28. The summed E-state index contributed by atoms with van der Waals surface area (Å²) in [5.41, 5.74) is 8.40. The number of hydrogen-bond donors (Lipinski definition) is 0. The van der Waals surface area contributed by atoms with E-state index < -0.39 is 6.04 Å². The largest absolute Gasteiger partial charge is 0.0837 e. The lowest BCUT2D eigenvalue weighted by molar-refractivity contribution is 1.30. The normalized spacial score (nSPS) is 10.9. The van der Waals surface area contributed by atoms with E-state index >= 15 is 0 Å². The quantitative estimate of drug-likeness (QED) is 0.562. The summed E-state index contributed by atoms with van der Waals surface area (Å²) in [6.45, 7) is 10.7. The molecule has 0 unspecified atom stereocenters. The molecular formula is C15H21PS. The van der Waals surface area contributed by atoms with Gasteiger partial charge in [-0.15, -0.1) is 0 Å². The van der Waals surface area contributed by atoms with Crippen LogP contribution in [0.4, 0.5) is 0 Å². The van der Waals surface area contributed by atoms with E-state index in [-0.39, 0.29) is 0 Å². The molecule has 0 amide bonds. The molecule has 0 bridgehead atoms. The Hall–Kier alpha value is -0.570. The molecule has 1 rings (SSSR count). The van der Waals surface area contributed by atoms with Crippen molar-refractivity contribution in [2.75, 3.05) is 12.3 Å². The maximum atomic E-state index is 5.65. The van der Waals surface area contributed by atoms with Crippen molar-refractivity contribution in [1.82, 2.24) is 0 Å². The molecule has 0 radical (unpaired) electrons. The van der Waals surface area contributed by atoms with Crippen molar-refractivity contribution in [3.63, 3.8) is 0 Å². The van der Waals surface area contributed by atoms with Crippen molar-refractivity contribution in [2.45, 2.75) is 34.6 Å². The molecule has 0 aliphatic rings. The second-order valence-electron chi connectivity index (χ2n) is 4.53. The van der Waals surface area contributed by atoms with E-state index in [1.54, 1.807) is 0 Å². The summed E-state index contributed by atoms with van der Waals surface area (Å²) in [5, 5.41) is 0. The van der Waals surface area contributed by atoms with Gasteiger partial charge in [0.15, 0.2) is 0 Å². The lowest BCUT2D eigenvalue weighted by atomic mass is 10.0. The molecule has 0 aromatic heterocycles. The Bertz CT molecular complexity index is 486. The van der Waals surface area contributed by atoms with Gasteiger partial charge in [0, 0.05) is 11.6 Å². The standard InChI is InChI=1S/C15H21PS/c1-6-16(17,7-2)9-8-15-13(4)10-12(3)11-14(15)5/h10-11H,6-7H2,1-5H3. The van der Waals surface area contributed by atoms with E-state index in [2.05, 4.69) is 58.3 Å². The van der Waals surface area contributed by atoms with Gasteiger partial charge in [-0.25, -0.2) is 0 Å². The molecule has 1 aromatic carbocycles. The molecule has 2 heteroatoms. The summed E-state index contributed by atoms with van der Waals surface area (Å²) in [7, 11) is 0. The highest BCUT2D eigenvalue weighted by Gasteiger charge is 2.07. The lowest BCUT2D eigenvalue weighted by Gasteiger charge is -2.10. The Labute approximate surface area is 111 Å². The maximum absolute atomic E-state index is 5.65. The molecule has 0 nitrogen and oxygen atoms in total. The van der Waals surface area contributed by atoms with Gasteiger partial charge in [-0.05, 0) is 44.2 Å². The summed E-state index contributed by atoms with van der Waals surface area (Å²) < 4.78 is 0. The van der Waals surface area contributed by atoms with Crippen LogP contribution in [0.1, 0.15) is 36.1 Å². The summed E-state index contributed by atoms with van der Waals surface area (Å²) in [6.07, 6.45) is 2.07. The van der Waals surface area contributed by atoms with E-state index in [0.29, 0.717) is 0 Å². The van der Waals surface area contributed by atoms with E-state index in [0.717, 1.165) is 12.3 Å². The van der Waals surface area contributed by atoms with Crippen LogP contribution in [-0.2, 0) is 11.8 Å². The van der Waals surface area contributed by atoms with Gasteiger partial charge in [0.05, 0.1) is 0 Å². The average molecular weight is 264 g/mol. The van der Waals surface area contributed by atoms with Gasteiger partial charge in [0.2, 0.25) is 0 Å². The first-order chi connectivity index (χ1) is 7.91. The summed E-state index contributed by atoms with van der Waals surface area (Å²) >= 11 is 5.65. The van der Waals surface area contributed by atoms with Crippen molar-refractivity contribution in [3.8, 4) is 11.6 Å². The molecule has 0 aliphatic heterocycles. The number of aryl methyl sites for hydroxylation is 3. The summed E-state index contributed by atoms with van der Waals surface area (Å²) in [4.78, 5) is 0. The van der Waals surface area contributed by atoms with Crippen molar-refractivity contribution < 1.29 is 0 Å². The molecule has 0 saturated heterocycles. The fourth-order valence-electron chi connectivity index (χ4n) is 1.92. The Morgan fingerprint density at radius 3 is 1.94 bits per heavy atom. The van der Waals surface area contributed by atoms with Crippen LogP contribution in [0.5, 0.6) is 0 Å². The van der Waals surface area contributed by atoms with Crippen LogP contribution < -0.4 is 0 Å². The zero-order valence-corrected chi connectivity index (χ0v) is 13.1. The fourth-order valence-corrected chi connectivity index (χ4v) is 3.13. The minimum atomic E-state index is -1.43. The van der Waals surface area contributed by atoms with Crippen LogP contribution in [0.2, 0.25) is 0 Å². The SMILES string of the molecule is CCP(=S)(C#Cc1c(C)cc(C)cc1C)CC. The minimum Gasteiger partial charge on any atom is -0.0837 e. The summed E-state index contributed by atoms with van der Waals surface area (Å²) in [5.74, 6) is 3.35. The van der Waals surface area contributed by atoms with Crippen molar-refractivity contribution in [2.24, 2.45) is 0 Å². The van der Waals surface area contributed by atoms with Gasteiger partial charge in [-0.1, -0.05) is 54.9 Å². The zero-order valence-electron chi connectivity index (χ0n) is 11.4. The molecule has 0 saturated carbocycles. The van der Waals surface area contributed by atoms with E-state index in [1.807, 2.05) is 0 Å². The second-order valence-corrected chi connectivity index (χ2v) is 9.90. The predicted octanol–water partition coefficient (Wildman–Crippen LogP) is 4.44. The van der Waals surface area contributed by atoms with Gasteiger partial charge in [-0.3, -0.25) is 0 Å².